The molecule has 0 aliphatic rings. The number of aromatic nitrogens is 6. The predicted molar refractivity (Wildman–Crippen MR) is 98.8 cm³/mol. The molecule has 0 saturated heterocycles. The number of carboxylic acids is 1. The number of carbonyl (C=O) groups is 1. The number of thioether (sulfide) groups is 1. The number of fused-ring (bicyclic) bond motifs is 1. The number of nitrogens with zero attached hydrogens (tertiary/aromatic N) is 6. The van der Waals surface area contributed by atoms with Crippen LogP contribution in [0.25, 0.3) is 17.2 Å². The third-order valence-corrected chi connectivity index (χ3v) is 5.44. The van der Waals surface area contributed by atoms with Gasteiger partial charge in [-0.25, -0.2) is 9.50 Å². The molecule has 138 valence electrons. The summed E-state index contributed by atoms with van der Waals surface area (Å²) in [7, 11) is 0. The van der Waals surface area contributed by atoms with Crippen molar-refractivity contribution in [1.29, 1.82) is 0 Å². The fourth-order valence-corrected chi connectivity index (χ4v) is 3.90. The lowest BCUT2D eigenvalue weighted by Gasteiger charge is -2.07. The standard InChI is InChI=1S/C16H14N6O3S2/c1-8-11(5-13(23)24)9(2)22-15(17-8)19-16(20-22)27-7-12-18-14(21-25-12)10-3-4-26-6-10/h3-4,6H,5,7H2,1-2H3,(H,23,24). The number of thiophene rings is 1. The molecule has 4 rings (SSSR count). The second kappa shape index (κ2) is 7.08. The Labute approximate surface area is 161 Å². The highest BCUT2D eigenvalue weighted by atomic mass is 32.2. The van der Waals surface area contributed by atoms with Crippen LogP contribution < -0.4 is 0 Å². The Morgan fingerprint density at radius 1 is 1.33 bits per heavy atom. The molecule has 9 nitrogen and oxygen atoms in total. The number of aryl methyl sites for hydroxylation is 2. The molecule has 0 unspecified atom stereocenters. The topological polar surface area (TPSA) is 119 Å². The summed E-state index contributed by atoms with van der Waals surface area (Å²) in [5, 5.41) is 21.9. The Morgan fingerprint density at radius 3 is 2.93 bits per heavy atom. The molecular formula is C16H14N6O3S2. The minimum Gasteiger partial charge on any atom is -0.481 e. The number of aliphatic carboxylic acids is 1. The van der Waals surface area contributed by atoms with E-state index in [1.165, 1.54) is 11.8 Å². The van der Waals surface area contributed by atoms with Crippen molar-refractivity contribution < 1.29 is 14.4 Å². The average molecular weight is 402 g/mol. The van der Waals surface area contributed by atoms with Gasteiger partial charge in [0, 0.05) is 27.9 Å². The molecule has 4 aromatic heterocycles. The van der Waals surface area contributed by atoms with Gasteiger partial charge >= 0.3 is 5.97 Å². The number of hydrogen-bond donors (Lipinski definition) is 1. The Morgan fingerprint density at radius 2 is 2.19 bits per heavy atom. The van der Waals surface area contributed by atoms with Gasteiger partial charge in [0.05, 0.1) is 12.2 Å². The lowest BCUT2D eigenvalue weighted by Crippen LogP contribution is -2.10. The van der Waals surface area contributed by atoms with E-state index in [-0.39, 0.29) is 6.42 Å². The summed E-state index contributed by atoms with van der Waals surface area (Å²) in [5.74, 6) is 0.989. The maximum atomic E-state index is 11.1. The molecule has 0 atom stereocenters. The van der Waals surface area contributed by atoms with Crippen LogP contribution in [0, 0.1) is 13.8 Å². The fraction of sp³-hybridized carbons (Fsp3) is 0.250. The van der Waals surface area contributed by atoms with Gasteiger partial charge in [0.2, 0.25) is 16.9 Å². The summed E-state index contributed by atoms with van der Waals surface area (Å²) in [4.78, 5) is 24.2. The van der Waals surface area contributed by atoms with E-state index in [0.717, 1.165) is 11.3 Å². The van der Waals surface area contributed by atoms with Gasteiger partial charge in [-0.05, 0) is 25.3 Å². The van der Waals surface area contributed by atoms with Gasteiger partial charge in [-0.1, -0.05) is 16.9 Å². The van der Waals surface area contributed by atoms with Gasteiger partial charge in [0.25, 0.3) is 5.78 Å². The zero-order valence-electron chi connectivity index (χ0n) is 14.4. The normalized spacial score (nSPS) is 11.3. The van der Waals surface area contributed by atoms with Crippen LogP contribution in [0.4, 0.5) is 0 Å². The van der Waals surface area contributed by atoms with Gasteiger partial charge in [-0.3, -0.25) is 4.79 Å². The molecule has 0 aliphatic carbocycles. The average Bonchev–Trinajstić information content (AvgIpc) is 3.35. The quantitative estimate of drug-likeness (QED) is 0.485. The Balaban J connectivity index is 1.54. The van der Waals surface area contributed by atoms with E-state index >= 15 is 0 Å². The number of carboxylic acid groups (broad SMARTS) is 1. The Hall–Kier alpha value is -2.79. The molecule has 0 aromatic carbocycles. The zero-order chi connectivity index (χ0) is 19.0. The second-order valence-corrected chi connectivity index (χ2v) is 7.47. The Kier molecular flexibility index (Phi) is 4.62. The third kappa shape index (κ3) is 3.55. The van der Waals surface area contributed by atoms with Crippen LogP contribution in [-0.4, -0.2) is 40.8 Å². The van der Waals surface area contributed by atoms with E-state index in [1.54, 1.807) is 22.8 Å². The SMILES string of the molecule is Cc1nc2nc(SCc3nc(-c4ccsc4)no3)nn2c(C)c1CC(=O)O. The first kappa shape index (κ1) is 17.6. The molecular weight excluding hydrogens is 388 g/mol. The molecule has 0 bridgehead atoms. The highest BCUT2D eigenvalue weighted by molar-refractivity contribution is 7.98. The lowest BCUT2D eigenvalue weighted by molar-refractivity contribution is -0.136. The highest BCUT2D eigenvalue weighted by Crippen LogP contribution is 2.24. The van der Waals surface area contributed by atoms with Gasteiger partial charge in [-0.15, -0.1) is 5.10 Å². The maximum Gasteiger partial charge on any atom is 0.307 e. The van der Waals surface area contributed by atoms with Gasteiger partial charge in [-0.2, -0.15) is 21.3 Å². The number of rotatable bonds is 6. The van der Waals surface area contributed by atoms with Crippen LogP contribution in [0.15, 0.2) is 26.5 Å². The van der Waals surface area contributed by atoms with Crippen LogP contribution >= 0.6 is 23.1 Å². The summed E-state index contributed by atoms with van der Waals surface area (Å²) >= 11 is 2.92. The summed E-state index contributed by atoms with van der Waals surface area (Å²) in [5.41, 5.74) is 2.93. The van der Waals surface area contributed by atoms with E-state index in [2.05, 4.69) is 25.2 Å². The molecule has 27 heavy (non-hydrogen) atoms. The first-order valence-corrected chi connectivity index (χ1v) is 9.86. The zero-order valence-corrected chi connectivity index (χ0v) is 16.0. The highest BCUT2D eigenvalue weighted by Gasteiger charge is 2.17. The van der Waals surface area contributed by atoms with Gasteiger partial charge in [0.1, 0.15) is 0 Å². The molecule has 0 radical (unpaired) electrons. The van der Waals surface area contributed by atoms with Crippen LogP contribution in [0.2, 0.25) is 0 Å². The van der Waals surface area contributed by atoms with Crippen molar-refractivity contribution in [2.45, 2.75) is 31.2 Å². The van der Waals surface area contributed by atoms with Crippen molar-refractivity contribution in [3.05, 3.63) is 39.7 Å². The van der Waals surface area contributed by atoms with E-state index in [4.69, 9.17) is 9.63 Å². The lowest BCUT2D eigenvalue weighted by atomic mass is 10.1. The van der Waals surface area contributed by atoms with Crippen molar-refractivity contribution in [2.24, 2.45) is 0 Å². The van der Waals surface area contributed by atoms with Crippen molar-refractivity contribution in [2.75, 3.05) is 0 Å². The fourth-order valence-electron chi connectivity index (χ4n) is 2.61. The van der Waals surface area contributed by atoms with Crippen molar-refractivity contribution >= 4 is 34.8 Å². The molecule has 0 saturated carbocycles. The second-order valence-electron chi connectivity index (χ2n) is 5.75. The van der Waals surface area contributed by atoms with Crippen LogP contribution in [0.3, 0.4) is 0 Å². The summed E-state index contributed by atoms with van der Waals surface area (Å²) < 4.78 is 6.84. The van der Waals surface area contributed by atoms with Crippen molar-refractivity contribution in [3.63, 3.8) is 0 Å². The van der Waals surface area contributed by atoms with E-state index < -0.39 is 5.97 Å². The molecule has 4 aromatic rings. The van der Waals surface area contributed by atoms with Gasteiger partial charge in [0.15, 0.2) is 0 Å². The van der Waals surface area contributed by atoms with E-state index in [9.17, 15) is 4.79 Å². The Bertz CT molecular complexity index is 1120. The van der Waals surface area contributed by atoms with Crippen molar-refractivity contribution in [1.82, 2.24) is 29.7 Å². The monoisotopic (exact) mass is 402 g/mol. The third-order valence-electron chi connectivity index (χ3n) is 3.93. The van der Waals surface area contributed by atoms with E-state index in [1.807, 2.05) is 23.8 Å². The van der Waals surface area contributed by atoms with E-state index in [0.29, 0.717) is 39.7 Å². The molecule has 4 heterocycles. The van der Waals surface area contributed by atoms with Crippen molar-refractivity contribution in [3.8, 4) is 11.4 Å². The summed E-state index contributed by atoms with van der Waals surface area (Å²) in [6.45, 7) is 3.59. The number of hydrogen-bond acceptors (Lipinski definition) is 9. The molecule has 0 aliphatic heterocycles. The maximum absolute atomic E-state index is 11.1. The summed E-state index contributed by atoms with van der Waals surface area (Å²) in [6, 6.07) is 1.93. The first-order valence-electron chi connectivity index (χ1n) is 7.94. The predicted octanol–water partition coefficient (Wildman–Crippen LogP) is 2.77. The van der Waals surface area contributed by atoms with Gasteiger partial charge < -0.3 is 9.63 Å². The minimum atomic E-state index is -0.908. The molecule has 0 amide bonds. The smallest absolute Gasteiger partial charge is 0.307 e. The molecule has 0 spiro atoms. The summed E-state index contributed by atoms with van der Waals surface area (Å²) in [6.07, 6.45) is -0.101. The molecule has 1 N–H and O–H groups in total. The minimum absolute atomic E-state index is 0.101. The van der Waals surface area contributed by atoms with Crippen LogP contribution in [-0.2, 0) is 17.0 Å². The first-order chi connectivity index (χ1) is 13.0. The largest absolute Gasteiger partial charge is 0.481 e. The van der Waals surface area contributed by atoms with Crippen LogP contribution in [0.5, 0.6) is 0 Å². The molecule has 11 heteroatoms. The molecule has 0 fully saturated rings. The van der Waals surface area contributed by atoms with Crippen LogP contribution in [0.1, 0.15) is 22.8 Å².